The first-order valence-electron chi connectivity index (χ1n) is 3.92. The summed E-state index contributed by atoms with van der Waals surface area (Å²) in [6, 6.07) is 1.16. The molecule has 1 aromatic rings. The molecule has 8 heteroatoms. The molecule has 0 aliphatic rings. The van der Waals surface area contributed by atoms with E-state index in [1.165, 1.54) is 0 Å². The summed E-state index contributed by atoms with van der Waals surface area (Å²) in [6.45, 7) is -1.10. The molecule has 0 spiro atoms. The lowest BCUT2D eigenvalue weighted by Gasteiger charge is -2.14. The number of rotatable bonds is 3. The molecule has 0 aliphatic carbocycles. The molecule has 0 saturated heterocycles. The Balaban J connectivity index is 3.22. The van der Waals surface area contributed by atoms with Crippen LogP contribution in [0, 0.1) is 3.70 Å². The van der Waals surface area contributed by atoms with Crippen LogP contribution in [0.5, 0.6) is 11.6 Å². The number of methoxy groups -OCH3 is 1. The minimum Gasteiger partial charge on any atom is -0.478 e. The van der Waals surface area contributed by atoms with E-state index in [4.69, 9.17) is 0 Å². The number of hydrogen-bond donors (Lipinski definition) is 0. The normalized spacial score (nSPS) is 11.4. The van der Waals surface area contributed by atoms with Crippen LogP contribution in [0.15, 0.2) is 6.07 Å². The third-order valence-corrected chi connectivity index (χ3v) is 2.10. The Morgan fingerprint density at radius 2 is 2.06 bits per heavy atom. The van der Waals surface area contributed by atoms with E-state index in [1.807, 2.05) is 0 Å². The predicted octanol–water partition coefficient (Wildman–Crippen LogP) is 3.06. The van der Waals surface area contributed by atoms with E-state index in [2.05, 4.69) is 14.5 Å². The summed E-state index contributed by atoms with van der Waals surface area (Å²) in [5.41, 5.74) is -0.256. The monoisotopic (exact) mass is 351 g/mol. The van der Waals surface area contributed by atoms with Crippen LogP contribution in [0.1, 0.15) is 5.56 Å². The zero-order valence-corrected chi connectivity index (χ0v) is 10.1. The quantitative estimate of drug-likeness (QED) is 0.477. The summed E-state index contributed by atoms with van der Waals surface area (Å²) in [5, 5.41) is 0. The second kappa shape index (κ2) is 5.02. The zero-order chi connectivity index (χ0) is 12.3. The number of hydrogen-bond acceptors (Lipinski definition) is 3. The molecule has 0 aliphatic heterocycles. The van der Waals surface area contributed by atoms with Crippen LogP contribution >= 0.6 is 22.6 Å². The molecule has 0 N–H and O–H groups in total. The molecule has 0 atom stereocenters. The highest BCUT2D eigenvalue weighted by atomic mass is 127. The maximum atomic E-state index is 12.5. The fraction of sp³-hybridized carbons (Fsp3) is 0.375. The van der Waals surface area contributed by atoms with Gasteiger partial charge in [0.05, 0.1) is 7.11 Å². The molecule has 0 saturated carbocycles. The smallest absolute Gasteiger partial charge is 0.478 e. The number of pyridine rings is 1. The van der Waals surface area contributed by atoms with Crippen molar-refractivity contribution in [3.8, 4) is 11.6 Å². The molecule has 90 valence electrons. The van der Waals surface area contributed by atoms with Crippen LogP contribution in [0.3, 0.4) is 0 Å². The SMILES string of the molecule is COc1nc(I)cc(CF)c1OC(F)(F)F. The minimum absolute atomic E-state index is 0.256. The van der Waals surface area contributed by atoms with Gasteiger partial charge in [-0.1, -0.05) is 0 Å². The van der Waals surface area contributed by atoms with Crippen LogP contribution in [0.4, 0.5) is 17.6 Å². The Bertz CT molecular complexity index is 358. The summed E-state index contributed by atoms with van der Waals surface area (Å²) in [5.74, 6) is -1.13. The molecule has 0 bridgehead atoms. The third-order valence-electron chi connectivity index (χ3n) is 1.54. The van der Waals surface area contributed by atoms with Gasteiger partial charge in [0.15, 0.2) is 5.75 Å². The Labute approximate surface area is 102 Å². The van der Waals surface area contributed by atoms with Gasteiger partial charge in [0.2, 0.25) is 0 Å². The number of halogens is 5. The summed E-state index contributed by atoms with van der Waals surface area (Å²) in [6.07, 6.45) is -4.91. The average Bonchev–Trinajstić information content (AvgIpc) is 2.18. The van der Waals surface area contributed by atoms with E-state index < -0.39 is 24.7 Å². The Morgan fingerprint density at radius 1 is 1.44 bits per heavy atom. The molecule has 16 heavy (non-hydrogen) atoms. The number of nitrogens with zero attached hydrogens (tertiary/aromatic N) is 1. The van der Waals surface area contributed by atoms with E-state index in [9.17, 15) is 17.6 Å². The first kappa shape index (κ1) is 13.3. The highest BCUT2D eigenvalue weighted by Crippen LogP contribution is 2.35. The molecular weight excluding hydrogens is 345 g/mol. The van der Waals surface area contributed by atoms with Crippen molar-refractivity contribution in [1.29, 1.82) is 0 Å². The van der Waals surface area contributed by atoms with Gasteiger partial charge in [-0.15, -0.1) is 13.2 Å². The van der Waals surface area contributed by atoms with Crippen molar-refractivity contribution in [2.24, 2.45) is 0 Å². The van der Waals surface area contributed by atoms with Gasteiger partial charge in [0.25, 0.3) is 5.88 Å². The van der Waals surface area contributed by atoms with Gasteiger partial charge in [-0.05, 0) is 28.7 Å². The van der Waals surface area contributed by atoms with Crippen molar-refractivity contribution in [2.75, 3.05) is 7.11 Å². The number of aromatic nitrogens is 1. The second-order valence-corrected chi connectivity index (χ2v) is 3.73. The maximum absolute atomic E-state index is 12.5. The first-order chi connectivity index (χ1) is 7.37. The Hall–Kier alpha value is -0.800. The largest absolute Gasteiger partial charge is 0.573 e. The van der Waals surface area contributed by atoms with Crippen molar-refractivity contribution >= 4 is 22.6 Å². The van der Waals surface area contributed by atoms with Gasteiger partial charge in [-0.2, -0.15) is 0 Å². The van der Waals surface area contributed by atoms with Gasteiger partial charge in [-0.25, -0.2) is 9.37 Å². The number of alkyl halides is 4. The van der Waals surface area contributed by atoms with Gasteiger partial charge >= 0.3 is 6.36 Å². The van der Waals surface area contributed by atoms with Crippen LogP contribution in [0.25, 0.3) is 0 Å². The van der Waals surface area contributed by atoms with E-state index >= 15 is 0 Å². The van der Waals surface area contributed by atoms with Crippen LogP contribution < -0.4 is 9.47 Å². The molecule has 0 radical (unpaired) electrons. The average molecular weight is 351 g/mol. The molecule has 0 aromatic carbocycles. The third kappa shape index (κ3) is 3.35. The van der Waals surface area contributed by atoms with Crippen molar-refractivity contribution in [2.45, 2.75) is 13.0 Å². The highest BCUT2D eigenvalue weighted by Gasteiger charge is 2.34. The Morgan fingerprint density at radius 3 is 2.50 bits per heavy atom. The van der Waals surface area contributed by atoms with Gasteiger partial charge in [0, 0.05) is 5.56 Å². The fourth-order valence-corrected chi connectivity index (χ4v) is 1.58. The molecule has 0 amide bonds. The molecule has 0 unspecified atom stereocenters. The summed E-state index contributed by atoms with van der Waals surface area (Å²) in [7, 11) is 1.13. The Kier molecular flexibility index (Phi) is 4.16. The van der Waals surface area contributed by atoms with Crippen molar-refractivity contribution in [3.63, 3.8) is 0 Å². The first-order valence-corrected chi connectivity index (χ1v) is 5.00. The number of ether oxygens (including phenoxy) is 2. The molecule has 3 nitrogen and oxygen atoms in total. The second-order valence-electron chi connectivity index (χ2n) is 2.62. The predicted molar refractivity (Wildman–Crippen MR) is 55.0 cm³/mol. The van der Waals surface area contributed by atoms with Gasteiger partial charge < -0.3 is 9.47 Å². The van der Waals surface area contributed by atoms with Crippen LogP contribution in [-0.4, -0.2) is 18.5 Å². The maximum Gasteiger partial charge on any atom is 0.573 e. The van der Waals surface area contributed by atoms with Gasteiger partial charge in [-0.3, -0.25) is 0 Å². The molecule has 1 rings (SSSR count). The standard InChI is InChI=1S/C8H6F4INO2/c1-15-7-6(16-8(10,11)12)4(3-9)2-5(13)14-7/h2H,3H2,1H3. The summed E-state index contributed by atoms with van der Waals surface area (Å²) in [4.78, 5) is 3.66. The van der Waals surface area contributed by atoms with Crippen LogP contribution in [0.2, 0.25) is 0 Å². The summed E-state index contributed by atoms with van der Waals surface area (Å²) < 4.78 is 57.3. The van der Waals surface area contributed by atoms with Crippen LogP contribution in [-0.2, 0) is 6.67 Å². The van der Waals surface area contributed by atoms with E-state index in [0.29, 0.717) is 3.70 Å². The zero-order valence-electron chi connectivity index (χ0n) is 7.94. The minimum atomic E-state index is -4.91. The van der Waals surface area contributed by atoms with E-state index in [1.54, 1.807) is 22.6 Å². The summed E-state index contributed by atoms with van der Waals surface area (Å²) >= 11 is 1.74. The fourth-order valence-electron chi connectivity index (χ4n) is 0.989. The lowest BCUT2D eigenvalue weighted by atomic mass is 10.2. The van der Waals surface area contributed by atoms with E-state index in [0.717, 1.165) is 13.2 Å². The highest BCUT2D eigenvalue weighted by molar-refractivity contribution is 14.1. The van der Waals surface area contributed by atoms with Crippen molar-refractivity contribution in [1.82, 2.24) is 4.98 Å². The van der Waals surface area contributed by atoms with Crippen molar-refractivity contribution in [3.05, 3.63) is 15.3 Å². The molecular formula is C8H6F4INO2. The lowest BCUT2D eigenvalue weighted by molar-refractivity contribution is -0.275. The molecule has 0 fully saturated rings. The lowest BCUT2D eigenvalue weighted by Crippen LogP contribution is -2.19. The van der Waals surface area contributed by atoms with E-state index in [-0.39, 0.29) is 5.56 Å². The molecule has 1 heterocycles. The van der Waals surface area contributed by atoms with Crippen molar-refractivity contribution < 1.29 is 27.0 Å². The molecule has 1 aromatic heterocycles. The van der Waals surface area contributed by atoms with Gasteiger partial charge in [0.1, 0.15) is 10.4 Å². The topological polar surface area (TPSA) is 31.4 Å².